The smallest absolute Gasteiger partial charge is 0.0637 e. The highest BCUT2D eigenvalue weighted by atomic mass is 16.5. The van der Waals surface area contributed by atoms with E-state index in [4.69, 9.17) is 4.74 Å². The number of nitrogens with one attached hydrogen (secondary N) is 1. The number of nitrogens with zero attached hydrogens (tertiary/aromatic N) is 1. The maximum atomic E-state index is 5.61. The molecule has 1 N–H and O–H groups in total. The lowest BCUT2D eigenvalue weighted by molar-refractivity contribution is -0.00888. The van der Waals surface area contributed by atoms with Gasteiger partial charge in [-0.25, -0.2) is 0 Å². The van der Waals surface area contributed by atoms with Crippen LogP contribution in [0.3, 0.4) is 0 Å². The van der Waals surface area contributed by atoms with E-state index < -0.39 is 0 Å². The van der Waals surface area contributed by atoms with E-state index in [9.17, 15) is 0 Å². The maximum Gasteiger partial charge on any atom is 0.0637 e. The summed E-state index contributed by atoms with van der Waals surface area (Å²) in [5, 5.41) is 3.69. The summed E-state index contributed by atoms with van der Waals surface area (Å²) in [5.41, 5.74) is -0.00739. The quantitative estimate of drug-likeness (QED) is 0.768. The number of piperidine rings is 1. The van der Waals surface area contributed by atoms with Gasteiger partial charge in [0, 0.05) is 31.8 Å². The summed E-state index contributed by atoms with van der Waals surface area (Å²) in [6.45, 7) is 9.22. The lowest BCUT2D eigenvalue weighted by Crippen LogP contribution is -2.49. The highest BCUT2D eigenvalue weighted by Gasteiger charge is 2.35. The van der Waals surface area contributed by atoms with Crippen molar-refractivity contribution in [2.24, 2.45) is 0 Å². The minimum atomic E-state index is -0.00739. The van der Waals surface area contributed by atoms with Crippen LogP contribution in [0.5, 0.6) is 0 Å². The molecule has 0 aromatic carbocycles. The Labute approximate surface area is 119 Å². The zero-order chi connectivity index (χ0) is 13.9. The fraction of sp³-hybridized carbons (Fsp3) is 1.00. The van der Waals surface area contributed by atoms with Crippen molar-refractivity contribution in [2.75, 3.05) is 20.2 Å². The molecule has 3 heteroatoms. The molecule has 0 aromatic heterocycles. The number of hydrogen-bond acceptors (Lipinski definition) is 3. The van der Waals surface area contributed by atoms with Gasteiger partial charge >= 0.3 is 0 Å². The van der Waals surface area contributed by atoms with Crippen molar-refractivity contribution in [3.63, 3.8) is 0 Å². The molecule has 0 bridgehead atoms. The van der Waals surface area contributed by atoms with Gasteiger partial charge in [0.25, 0.3) is 0 Å². The van der Waals surface area contributed by atoms with Crippen molar-refractivity contribution < 1.29 is 4.74 Å². The largest absolute Gasteiger partial charge is 0.379 e. The number of hydrogen-bond donors (Lipinski definition) is 1. The van der Waals surface area contributed by atoms with Crippen molar-refractivity contribution in [3.8, 4) is 0 Å². The molecule has 1 aliphatic heterocycles. The lowest BCUT2D eigenvalue weighted by Gasteiger charge is -2.37. The van der Waals surface area contributed by atoms with Crippen molar-refractivity contribution in [1.82, 2.24) is 10.2 Å². The van der Waals surface area contributed by atoms with E-state index in [0.717, 1.165) is 12.5 Å². The highest BCUT2D eigenvalue weighted by Crippen LogP contribution is 2.32. The third-order valence-corrected chi connectivity index (χ3v) is 4.77. The zero-order valence-corrected chi connectivity index (χ0v) is 13.2. The van der Waals surface area contributed by atoms with Crippen LogP contribution in [0.4, 0.5) is 0 Å². The molecule has 3 nitrogen and oxygen atoms in total. The third kappa shape index (κ3) is 4.73. The van der Waals surface area contributed by atoms with Gasteiger partial charge in [-0.3, -0.25) is 4.90 Å². The SMILES string of the molecule is COC(C)(C)CC(C)N(CC1CCCCN1)C1CC1. The average Bonchev–Trinajstić information content (AvgIpc) is 3.21. The normalized spacial score (nSPS) is 26.7. The molecule has 2 rings (SSSR count). The molecule has 0 spiro atoms. The molecule has 1 aliphatic carbocycles. The van der Waals surface area contributed by atoms with Crippen LogP contribution in [0.1, 0.15) is 59.3 Å². The Hall–Kier alpha value is -0.120. The van der Waals surface area contributed by atoms with E-state index in [1.807, 2.05) is 7.11 Å². The Bertz CT molecular complexity index is 270. The van der Waals surface area contributed by atoms with E-state index in [1.165, 1.54) is 45.2 Å². The van der Waals surface area contributed by atoms with Crippen molar-refractivity contribution in [2.45, 2.75) is 83.0 Å². The van der Waals surface area contributed by atoms with Gasteiger partial charge in [-0.15, -0.1) is 0 Å². The Morgan fingerprint density at radius 3 is 2.53 bits per heavy atom. The summed E-state index contributed by atoms with van der Waals surface area (Å²) in [6, 6.07) is 2.17. The monoisotopic (exact) mass is 268 g/mol. The third-order valence-electron chi connectivity index (χ3n) is 4.77. The molecule has 112 valence electrons. The summed E-state index contributed by atoms with van der Waals surface area (Å²) in [5.74, 6) is 0. The molecule has 2 unspecified atom stereocenters. The van der Waals surface area contributed by atoms with Crippen LogP contribution >= 0.6 is 0 Å². The zero-order valence-electron chi connectivity index (χ0n) is 13.2. The molecular formula is C16H32N2O. The molecular weight excluding hydrogens is 236 g/mol. The van der Waals surface area contributed by atoms with Gasteiger partial charge < -0.3 is 10.1 Å². The Morgan fingerprint density at radius 1 is 1.26 bits per heavy atom. The second-order valence-electron chi connectivity index (χ2n) is 7.09. The van der Waals surface area contributed by atoms with Crippen molar-refractivity contribution >= 4 is 0 Å². The molecule has 2 fully saturated rings. The van der Waals surface area contributed by atoms with Crippen LogP contribution < -0.4 is 5.32 Å². The van der Waals surface area contributed by atoms with Gasteiger partial charge in [-0.2, -0.15) is 0 Å². The highest BCUT2D eigenvalue weighted by molar-refractivity contribution is 4.92. The van der Waals surface area contributed by atoms with Gasteiger partial charge in [0.2, 0.25) is 0 Å². The number of rotatable bonds is 7. The molecule has 2 atom stereocenters. The van der Waals surface area contributed by atoms with Crippen LogP contribution in [-0.4, -0.2) is 48.8 Å². The van der Waals surface area contributed by atoms with Gasteiger partial charge in [-0.1, -0.05) is 6.42 Å². The molecule has 0 amide bonds. The Balaban J connectivity index is 1.87. The van der Waals surface area contributed by atoms with E-state index in [1.54, 1.807) is 0 Å². The maximum absolute atomic E-state index is 5.61. The van der Waals surface area contributed by atoms with Crippen LogP contribution in [0.15, 0.2) is 0 Å². The summed E-state index contributed by atoms with van der Waals surface area (Å²) < 4.78 is 5.61. The van der Waals surface area contributed by atoms with E-state index in [-0.39, 0.29) is 5.60 Å². The topological polar surface area (TPSA) is 24.5 Å². The fourth-order valence-electron chi connectivity index (χ4n) is 3.34. The number of ether oxygens (including phenoxy) is 1. The van der Waals surface area contributed by atoms with E-state index in [0.29, 0.717) is 12.1 Å². The molecule has 0 radical (unpaired) electrons. The second kappa shape index (κ2) is 6.55. The minimum Gasteiger partial charge on any atom is -0.379 e. The first-order valence-corrected chi connectivity index (χ1v) is 8.06. The molecule has 1 heterocycles. The Morgan fingerprint density at radius 2 is 2.00 bits per heavy atom. The summed E-state index contributed by atoms with van der Waals surface area (Å²) in [6.07, 6.45) is 8.01. The minimum absolute atomic E-state index is 0.00739. The summed E-state index contributed by atoms with van der Waals surface area (Å²) in [4.78, 5) is 2.74. The molecule has 19 heavy (non-hydrogen) atoms. The lowest BCUT2D eigenvalue weighted by atomic mass is 9.97. The standard InChI is InChI=1S/C16H32N2O/c1-13(11-16(2,3)19-4)18(15-8-9-15)12-14-7-5-6-10-17-14/h13-15,17H,5-12H2,1-4H3. The first-order chi connectivity index (χ1) is 9.02. The van der Waals surface area contributed by atoms with Gasteiger partial charge in [0.1, 0.15) is 0 Å². The van der Waals surface area contributed by atoms with E-state index >= 15 is 0 Å². The predicted molar refractivity (Wildman–Crippen MR) is 80.5 cm³/mol. The number of methoxy groups -OCH3 is 1. The van der Waals surface area contributed by atoms with Crippen LogP contribution in [0, 0.1) is 0 Å². The Kier molecular flexibility index (Phi) is 5.27. The first-order valence-electron chi connectivity index (χ1n) is 8.06. The van der Waals surface area contributed by atoms with Crippen molar-refractivity contribution in [1.29, 1.82) is 0 Å². The van der Waals surface area contributed by atoms with Crippen LogP contribution in [0.2, 0.25) is 0 Å². The van der Waals surface area contributed by atoms with Gasteiger partial charge in [0.05, 0.1) is 5.60 Å². The van der Waals surface area contributed by atoms with Gasteiger partial charge in [-0.05, 0) is 59.4 Å². The van der Waals surface area contributed by atoms with Crippen molar-refractivity contribution in [3.05, 3.63) is 0 Å². The van der Waals surface area contributed by atoms with Crippen LogP contribution in [-0.2, 0) is 4.74 Å². The summed E-state index contributed by atoms with van der Waals surface area (Å²) >= 11 is 0. The summed E-state index contributed by atoms with van der Waals surface area (Å²) in [7, 11) is 1.83. The average molecular weight is 268 g/mol. The first kappa shape index (κ1) is 15.3. The van der Waals surface area contributed by atoms with Crippen LogP contribution in [0.25, 0.3) is 0 Å². The molecule has 1 saturated heterocycles. The fourth-order valence-corrected chi connectivity index (χ4v) is 3.34. The predicted octanol–water partition coefficient (Wildman–Crippen LogP) is 2.80. The molecule has 2 aliphatic rings. The van der Waals surface area contributed by atoms with Gasteiger partial charge in [0.15, 0.2) is 0 Å². The van der Waals surface area contributed by atoms with E-state index in [2.05, 4.69) is 31.0 Å². The second-order valence-corrected chi connectivity index (χ2v) is 7.09. The molecule has 0 aromatic rings. The molecule has 1 saturated carbocycles.